The molecule has 2 heterocycles. The molecule has 0 saturated carbocycles. The minimum absolute atomic E-state index is 0.00263. The summed E-state index contributed by atoms with van der Waals surface area (Å²) in [5, 5.41) is 0.00863. The molecule has 2 aromatic heterocycles. The lowest BCUT2D eigenvalue weighted by molar-refractivity contribution is -0.144. The van der Waals surface area contributed by atoms with Crippen molar-refractivity contribution in [2.75, 3.05) is 6.54 Å². The van der Waals surface area contributed by atoms with Crippen LogP contribution in [0.2, 0.25) is 10.0 Å². The molecule has 28 heavy (non-hydrogen) atoms. The molecule has 0 bridgehead atoms. The number of aryl methyl sites for hydroxylation is 1. The number of esters is 1. The molecule has 148 valence electrons. The molecular weight excluding hydrogens is 425 g/mol. The van der Waals surface area contributed by atoms with E-state index >= 15 is 0 Å². The second-order valence-corrected chi connectivity index (χ2v) is 8.58. The molecule has 0 unspecified atom stereocenters. The lowest BCUT2D eigenvalue weighted by Gasteiger charge is -2.09. The summed E-state index contributed by atoms with van der Waals surface area (Å²) in [7, 11) is -3.94. The monoisotopic (exact) mass is 441 g/mol. The normalized spacial score (nSPS) is 11.7. The van der Waals surface area contributed by atoms with Crippen LogP contribution in [-0.2, 0) is 26.2 Å². The Hall–Kier alpha value is -2.13. The Bertz CT molecular complexity index is 1110. The van der Waals surface area contributed by atoms with Crippen molar-refractivity contribution < 1.29 is 17.9 Å². The van der Waals surface area contributed by atoms with Crippen LogP contribution in [0.25, 0.3) is 5.65 Å². The van der Waals surface area contributed by atoms with Crippen molar-refractivity contribution in [2.24, 2.45) is 0 Å². The molecule has 10 heteroatoms. The van der Waals surface area contributed by atoms with Gasteiger partial charge in [0.2, 0.25) is 10.0 Å². The van der Waals surface area contributed by atoms with Crippen molar-refractivity contribution in [3.63, 3.8) is 0 Å². The van der Waals surface area contributed by atoms with E-state index in [-0.39, 0.29) is 34.5 Å². The second-order valence-electron chi connectivity index (χ2n) is 6.06. The first-order valence-electron chi connectivity index (χ1n) is 8.30. The Balaban J connectivity index is 1.52. The number of nitrogens with zero attached hydrogens (tertiary/aromatic N) is 2. The zero-order valence-electron chi connectivity index (χ0n) is 14.9. The van der Waals surface area contributed by atoms with E-state index in [9.17, 15) is 13.2 Å². The first-order valence-corrected chi connectivity index (χ1v) is 10.5. The van der Waals surface area contributed by atoms with E-state index in [4.69, 9.17) is 27.9 Å². The number of fused-ring (bicyclic) bond motifs is 1. The number of sulfonamides is 1. The predicted molar refractivity (Wildman–Crippen MR) is 106 cm³/mol. The van der Waals surface area contributed by atoms with Crippen LogP contribution >= 0.6 is 23.2 Å². The van der Waals surface area contributed by atoms with Crippen molar-refractivity contribution in [1.82, 2.24) is 14.1 Å². The number of imidazole rings is 1. The lowest BCUT2D eigenvalue weighted by Crippen LogP contribution is -2.27. The highest BCUT2D eigenvalue weighted by Crippen LogP contribution is 2.28. The van der Waals surface area contributed by atoms with Gasteiger partial charge in [-0.3, -0.25) is 4.79 Å². The molecule has 3 aromatic rings. The number of hydrogen-bond donors (Lipinski definition) is 1. The fraction of sp³-hybridized carbons (Fsp3) is 0.222. The Morgan fingerprint density at radius 1 is 1.18 bits per heavy atom. The average molecular weight is 442 g/mol. The van der Waals surface area contributed by atoms with Gasteiger partial charge >= 0.3 is 5.97 Å². The maximum atomic E-state index is 12.3. The van der Waals surface area contributed by atoms with E-state index in [0.717, 1.165) is 11.2 Å². The molecule has 0 aliphatic carbocycles. The van der Waals surface area contributed by atoms with Gasteiger partial charge in [-0.1, -0.05) is 35.3 Å². The summed E-state index contributed by atoms with van der Waals surface area (Å²) in [4.78, 5) is 16.0. The van der Waals surface area contributed by atoms with Gasteiger partial charge in [-0.15, -0.1) is 0 Å². The standard InChI is InChI=1S/C18H17Cl2N3O4S/c1-12-5-6-16-22-13(10-23(16)9-12)11-27-17(24)7-8-21-28(25,26)18-14(19)3-2-4-15(18)20/h2-6,9-10,21H,7-8,11H2,1H3. The molecular formula is C18H17Cl2N3O4S. The topological polar surface area (TPSA) is 89.8 Å². The van der Waals surface area contributed by atoms with Gasteiger partial charge in [-0.2, -0.15) is 0 Å². The van der Waals surface area contributed by atoms with Gasteiger partial charge < -0.3 is 9.14 Å². The average Bonchev–Trinajstić information content (AvgIpc) is 3.01. The molecule has 0 saturated heterocycles. The third-order valence-electron chi connectivity index (χ3n) is 3.84. The van der Waals surface area contributed by atoms with Crippen LogP contribution in [0.4, 0.5) is 0 Å². The van der Waals surface area contributed by atoms with Crippen LogP contribution in [0.5, 0.6) is 0 Å². The fourth-order valence-electron chi connectivity index (χ4n) is 2.55. The molecule has 1 N–H and O–H groups in total. The number of aromatic nitrogens is 2. The van der Waals surface area contributed by atoms with E-state index in [1.54, 1.807) is 12.3 Å². The van der Waals surface area contributed by atoms with Crippen molar-refractivity contribution in [3.05, 3.63) is 64.0 Å². The van der Waals surface area contributed by atoms with E-state index in [0.29, 0.717) is 5.69 Å². The number of benzene rings is 1. The first kappa shape index (κ1) is 20.6. The first-order chi connectivity index (χ1) is 13.3. The quantitative estimate of drug-likeness (QED) is 0.567. The van der Waals surface area contributed by atoms with E-state index in [1.807, 2.05) is 29.7 Å². The molecule has 0 spiro atoms. The Morgan fingerprint density at radius 3 is 2.61 bits per heavy atom. The van der Waals surface area contributed by atoms with Crippen molar-refractivity contribution in [1.29, 1.82) is 0 Å². The van der Waals surface area contributed by atoms with E-state index in [2.05, 4.69) is 9.71 Å². The highest BCUT2D eigenvalue weighted by Gasteiger charge is 2.21. The number of carbonyl (C=O) groups excluding carboxylic acids is 1. The fourth-order valence-corrected chi connectivity index (χ4v) is 4.72. The van der Waals surface area contributed by atoms with Gasteiger partial charge in [0.05, 0.1) is 22.2 Å². The minimum Gasteiger partial charge on any atom is -0.459 e. The van der Waals surface area contributed by atoms with Gasteiger partial charge in [-0.25, -0.2) is 18.1 Å². The lowest BCUT2D eigenvalue weighted by atomic mass is 10.3. The number of pyridine rings is 1. The molecule has 0 amide bonds. The van der Waals surface area contributed by atoms with Crippen LogP contribution in [0, 0.1) is 6.92 Å². The van der Waals surface area contributed by atoms with Crippen LogP contribution < -0.4 is 4.72 Å². The smallest absolute Gasteiger partial charge is 0.307 e. The number of nitrogens with one attached hydrogen (secondary N) is 1. The van der Waals surface area contributed by atoms with Crippen LogP contribution in [0.1, 0.15) is 17.7 Å². The van der Waals surface area contributed by atoms with Gasteiger partial charge in [0.25, 0.3) is 0 Å². The summed E-state index contributed by atoms with van der Waals surface area (Å²) < 4.78 is 33.9. The van der Waals surface area contributed by atoms with Crippen molar-refractivity contribution in [2.45, 2.75) is 24.8 Å². The molecule has 0 atom stereocenters. The van der Waals surface area contributed by atoms with Crippen LogP contribution in [0.15, 0.2) is 47.6 Å². The Morgan fingerprint density at radius 2 is 1.89 bits per heavy atom. The SMILES string of the molecule is Cc1ccc2nc(COC(=O)CCNS(=O)(=O)c3c(Cl)cccc3Cl)cn2c1. The molecule has 1 aromatic carbocycles. The highest BCUT2D eigenvalue weighted by atomic mass is 35.5. The summed E-state index contributed by atoms with van der Waals surface area (Å²) in [6.07, 6.45) is 3.55. The highest BCUT2D eigenvalue weighted by molar-refractivity contribution is 7.89. The zero-order chi connectivity index (χ0) is 20.3. The van der Waals surface area contributed by atoms with Gasteiger partial charge in [-0.05, 0) is 30.7 Å². The largest absolute Gasteiger partial charge is 0.459 e. The predicted octanol–water partition coefficient (Wildman–Crippen LogP) is 3.36. The zero-order valence-corrected chi connectivity index (χ0v) is 17.2. The van der Waals surface area contributed by atoms with Crippen LogP contribution in [0.3, 0.4) is 0 Å². The number of carbonyl (C=O) groups is 1. The van der Waals surface area contributed by atoms with E-state index in [1.165, 1.54) is 12.1 Å². The minimum atomic E-state index is -3.94. The molecule has 0 radical (unpaired) electrons. The molecule has 3 rings (SSSR count). The number of ether oxygens (including phenoxy) is 1. The van der Waals surface area contributed by atoms with E-state index < -0.39 is 16.0 Å². The second kappa shape index (κ2) is 8.48. The summed E-state index contributed by atoms with van der Waals surface area (Å²) in [5.74, 6) is -0.554. The number of rotatable bonds is 7. The summed E-state index contributed by atoms with van der Waals surface area (Å²) in [5.41, 5.74) is 2.43. The van der Waals surface area contributed by atoms with Gasteiger partial charge in [0.1, 0.15) is 17.1 Å². The third-order valence-corrected chi connectivity index (χ3v) is 6.25. The summed E-state index contributed by atoms with van der Waals surface area (Å²) in [6, 6.07) is 8.20. The number of halogens is 2. The molecule has 0 aliphatic rings. The number of hydrogen-bond acceptors (Lipinski definition) is 5. The maximum Gasteiger partial charge on any atom is 0.307 e. The third kappa shape index (κ3) is 4.82. The maximum absolute atomic E-state index is 12.3. The summed E-state index contributed by atoms with van der Waals surface area (Å²) in [6.45, 7) is 1.83. The Labute approximate surface area is 172 Å². The molecule has 7 nitrogen and oxygen atoms in total. The van der Waals surface area contributed by atoms with Crippen molar-refractivity contribution >= 4 is 44.8 Å². The van der Waals surface area contributed by atoms with Crippen molar-refractivity contribution in [3.8, 4) is 0 Å². The molecule has 0 fully saturated rings. The van der Waals surface area contributed by atoms with Crippen LogP contribution in [-0.4, -0.2) is 30.3 Å². The van der Waals surface area contributed by atoms with Gasteiger partial charge in [0.15, 0.2) is 0 Å². The van der Waals surface area contributed by atoms with Gasteiger partial charge in [0, 0.05) is 18.9 Å². The molecule has 0 aliphatic heterocycles. The summed E-state index contributed by atoms with van der Waals surface area (Å²) >= 11 is 11.8. The Kier molecular flexibility index (Phi) is 6.24.